The van der Waals surface area contributed by atoms with Crippen LogP contribution < -0.4 is 9.08 Å². The third kappa shape index (κ3) is 3.16. The van der Waals surface area contributed by atoms with Gasteiger partial charge in [0, 0.05) is 19.3 Å². The van der Waals surface area contributed by atoms with Gasteiger partial charge in [-0.15, -0.1) is 7.94 Å². The number of aromatic nitrogens is 4. The van der Waals surface area contributed by atoms with Gasteiger partial charge in [0.05, 0.1) is 0 Å². The summed E-state index contributed by atoms with van der Waals surface area (Å²) >= 11 is 0. The minimum atomic E-state index is -5.72. The van der Waals surface area contributed by atoms with Gasteiger partial charge in [-0.1, -0.05) is 0 Å². The van der Waals surface area contributed by atoms with Crippen LogP contribution in [0.4, 0.5) is 13.2 Å². The zero-order valence-corrected chi connectivity index (χ0v) is 14.2. The van der Waals surface area contributed by atoms with Crippen LogP contribution in [-0.4, -0.2) is 42.4 Å². The maximum atomic E-state index is 12.6. The standard InChI is InChI=1S/C9H10F3N4O4S2.CH3O/c1-7-13-3-4-14(7)22(19,20)16-6-5-15(8(16)2)21(17,18)9(10,11)12;1-2/h3-6H,1-2H3;1H3/q+1;-1. The molecule has 0 aromatic carbocycles. The van der Waals surface area contributed by atoms with Gasteiger partial charge >= 0.3 is 25.7 Å². The molecule has 14 heteroatoms. The van der Waals surface area contributed by atoms with Crippen molar-refractivity contribution in [3.8, 4) is 0 Å². The first kappa shape index (κ1) is 20.1. The SMILES string of the molecule is C[O-].Cc1nccn1S(=O)(=O)[n+]1ccn(S(=O)(=O)C(F)(F)F)c1C. The van der Waals surface area contributed by atoms with E-state index in [2.05, 4.69) is 4.98 Å². The van der Waals surface area contributed by atoms with Crippen molar-refractivity contribution in [2.24, 2.45) is 0 Å². The first-order valence-corrected chi connectivity index (χ1v) is 8.82. The van der Waals surface area contributed by atoms with E-state index in [9.17, 15) is 30.0 Å². The van der Waals surface area contributed by atoms with E-state index >= 15 is 0 Å². The van der Waals surface area contributed by atoms with E-state index in [0.29, 0.717) is 20.3 Å². The second-order valence-corrected chi connectivity index (χ2v) is 7.65. The molecule has 0 spiro atoms. The molecule has 0 saturated heterocycles. The summed E-state index contributed by atoms with van der Waals surface area (Å²) in [7, 11) is -9.29. The third-order valence-electron chi connectivity index (χ3n) is 2.81. The number of imidazole rings is 2. The first-order chi connectivity index (χ1) is 10.9. The lowest BCUT2D eigenvalue weighted by atomic mass is 10.8. The van der Waals surface area contributed by atoms with Crippen LogP contribution in [0.2, 0.25) is 0 Å². The van der Waals surface area contributed by atoms with E-state index in [1.54, 1.807) is 0 Å². The van der Waals surface area contributed by atoms with E-state index in [1.807, 2.05) is 0 Å². The normalized spacial score (nSPS) is 12.6. The van der Waals surface area contributed by atoms with E-state index in [1.165, 1.54) is 13.1 Å². The number of halogens is 3. The molecule has 0 fully saturated rings. The predicted octanol–water partition coefficient (Wildman–Crippen LogP) is -1.10. The molecule has 0 bridgehead atoms. The van der Waals surface area contributed by atoms with Crippen molar-refractivity contribution in [3.05, 3.63) is 36.4 Å². The number of nitrogens with zero attached hydrogens (tertiary/aromatic N) is 4. The summed E-state index contributed by atoms with van der Waals surface area (Å²) in [5.41, 5.74) is -5.55. The van der Waals surface area contributed by atoms with Gasteiger partial charge < -0.3 is 5.11 Å². The van der Waals surface area contributed by atoms with Crippen LogP contribution in [-0.2, 0) is 20.2 Å². The van der Waals surface area contributed by atoms with Gasteiger partial charge in [0.2, 0.25) is 0 Å². The first-order valence-electron chi connectivity index (χ1n) is 5.99. The second-order valence-electron chi connectivity index (χ2n) is 4.17. The summed E-state index contributed by atoms with van der Waals surface area (Å²) in [5, 5.41) is 8.25. The highest BCUT2D eigenvalue weighted by Gasteiger charge is 2.52. The fourth-order valence-electron chi connectivity index (χ4n) is 1.75. The largest absolute Gasteiger partial charge is 0.857 e. The topological polar surface area (TPSA) is 118 Å². The van der Waals surface area contributed by atoms with Gasteiger partial charge in [0.15, 0.2) is 6.20 Å². The van der Waals surface area contributed by atoms with Gasteiger partial charge in [0.1, 0.15) is 12.0 Å². The molecule has 0 N–H and O–H groups in total. The predicted molar refractivity (Wildman–Crippen MR) is 72.3 cm³/mol. The molecule has 136 valence electrons. The van der Waals surface area contributed by atoms with Crippen LogP contribution in [0.1, 0.15) is 11.6 Å². The Morgan fingerprint density at radius 2 is 1.62 bits per heavy atom. The van der Waals surface area contributed by atoms with E-state index in [4.69, 9.17) is 5.11 Å². The lowest BCUT2D eigenvalue weighted by molar-refractivity contribution is -0.519. The Hall–Kier alpha value is -1.93. The second kappa shape index (κ2) is 6.52. The van der Waals surface area contributed by atoms with Gasteiger partial charge in [-0.05, 0) is 6.92 Å². The summed E-state index contributed by atoms with van der Waals surface area (Å²) in [6.45, 7) is 2.31. The highest BCUT2D eigenvalue weighted by atomic mass is 32.2. The maximum absolute atomic E-state index is 12.6. The van der Waals surface area contributed by atoms with Crippen LogP contribution in [0.3, 0.4) is 0 Å². The number of aryl methyl sites for hydroxylation is 1. The van der Waals surface area contributed by atoms with Crippen LogP contribution in [0.5, 0.6) is 0 Å². The van der Waals surface area contributed by atoms with E-state index < -0.39 is 31.6 Å². The maximum Gasteiger partial charge on any atom is 0.537 e. The van der Waals surface area contributed by atoms with Crippen molar-refractivity contribution < 1.29 is 39.1 Å². The van der Waals surface area contributed by atoms with Crippen LogP contribution in [0.25, 0.3) is 0 Å². The fourth-order valence-corrected chi connectivity index (χ4v) is 4.08. The van der Waals surface area contributed by atoms with Crippen LogP contribution in [0.15, 0.2) is 24.8 Å². The van der Waals surface area contributed by atoms with E-state index in [0.717, 1.165) is 20.2 Å². The average Bonchev–Trinajstić information content (AvgIpc) is 3.06. The van der Waals surface area contributed by atoms with Crippen LogP contribution in [0, 0.1) is 13.8 Å². The smallest absolute Gasteiger partial charge is 0.537 e. The lowest BCUT2D eigenvalue weighted by Crippen LogP contribution is -2.48. The molecule has 0 aliphatic rings. The number of hydrogen-bond acceptors (Lipinski definition) is 6. The van der Waals surface area contributed by atoms with Crippen molar-refractivity contribution in [1.29, 1.82) is 0 Å². The molecule has 9 nitrogen and oxygen atoms in total. The molecule has 0 aliphatic carbocycles. The van der Waals surface area contributed by atoms with Crippen LogP contribution >= 0.6 is 0 Å². The van der Waals surface area contributed by atoms with Crippen molar-refractivity contribution in [2.75, 3.05) is 7.11 Å². The van der Waals surface area contributed by atoms with Crippen molar-refractivity contribution in [2.45, 2.75) is 19.4 Å². The van der Waals surface area contributed by atoms with Gasteiger partial charge in [0.25, 0.3) is 5.82 Å². The number of alkyl halides is 3. The molecule has 2 rings (SSSR count). The minimum absolute atomic E-state index is 0.0679. The average molecular weight is 390 g/mol. The zero-order chi connectivity index (χ0) is 18.9. The molecule has 24 heavy (non-hydrogen) atoms. The summed E-state index contributed by atoms with van der Waals surface area (Å²) < 4.78 is 86.1. The Morgan fingerprint density at radius 3 is 2.04 bits per heavy atom. The van der Waals surface area contributed by atoms with Gasteiger partial charge in [-0.3, -0.25) is 0 Å². The molecule has 0 radical (unpaired) electrons. The Bertz CT molecular complexity index is 928. The van der Waals surface area contributed by atoms with Gasteiger partial charge in [-0.25, -0.2) is 4.98 Å². The molecule has 2 aromatic rings. The fraction of sp³-hybridized carbons (Fsp3) is 0.400. The quantitative estimate of drug-likeness (QED) is 0.614. The molecule has 2 aromatic heterocycles. The lowest BCUT2D eigenvalue weighted by Gasteiger charge is -2.06. The number of rotatable bonds is 3. The highest BCUT2D eigenvalue weighted by Crippen LogP contribution is 2.25. The zero-order valence-electron chi connectivity index (χ0n) is 12.6. The Labute approximate surface area is 135 Å². The summed E-state index contributed by atoms with van der Waals surface area (Å²) in [5.74, 6) is -0.580. The highest BCUT2D eigenvalue weighted by molar-refractivity contribution is 7.90. The third-order valence-corrected chi connectivity index (χ3v) is 6.06. The molecule has 0 aliphatic heterocycles. The molecular formula is C10H13F3N4O5S2. The Morgan fingerprint density at radius 1 is 1.08 bits per heavy atom. The number of hydrogen-bond donors (Lipinski definition) is 0. The Balaban J connectivity index is 0.00000139. The molecule has 2 heterocycles. The molecule has 0 atom stereocenters. The molecule has 0 saturated carbocycles. The van der Waals surface area contributed by atoms with Crippen molar-refractivity contribution >= 4 is 20.2 Å². The van der Waals surface area contributed by atoms with Crippen molar-refractivity contribution in [1.82, 2.24) is 12.9 Å². The van der Waals surface area contributed by atoms with Gasteiger partial charge in [-0.2, -0.15) is 41.1 Å². The summed E-state index contributed by atoms with van der Waals surface area (Å²) in [4.78, 5) is 3.70. The molecular weight excluding hydrogens is 377 g/mol. The Kier molecular flexibility index (Phi) is 5.47. The van der Waals surface area contributed by atoms with E-state index in [-0.39, 0.29) is 9.80 Å². The monoisotopic (exact) mass is 390 g/mol. The summed E-state index contributed by atoms with van der Waals surface area (Å²) in [6.07, 6.45) is 3.51. The summed E-state index contributed by atoms with van der Waals surface area (Å²) in [6, 6.07) is 0. The minimum Gasteiger partial charge on any atom is -0.857 e. The molecule has 0 amide bonds. The van der Waals surface area contributed by atoms with Crippen molar-refractivity contribution in [3.63, 3.8) is 0 Å². The molecule has 0 unspecified atom stereocenters.